The van der Waals surface area contributed by atoms with Crippen LogP contribution < -0.4 is 0 Å². The van der Waals surface area contributed by atoms with Gasteiger partial charge < -0.3 is 0 Å². The van der Waals surface area contributed by atoms with E-state index in [1.54, 1.807) is 11.5 Å². The SMILES string of the molecule is CCc1nsc(-c2ccccc2)c1C. The zero-order chi connectivity index (χ0) is 9.97. The molecule has 0 spiro atoms. The van der Waals surface area contributed by atoms with Crippen molar-refractivity contribution in [2.45, 2.75) is 20.3 Å². The van der Waals surface area contributed by atoms with Crippen LogP contribution in [0.1, 0.15) is 18.2 Å². The van der Waals surface area contributed by atoms with Crippen LogP contribution in [0, 0.1) is 6.92 Å². The van der Waals surface area contributed by atoms with Crippen LogP contribution in [0.4, 0.5) is 0 Å². The van der Waals surface area contributed by atoms with E-state index in [4.69, 9.17) is 0 Å². The first-order valence-electron chi connectivity index (χ1n) is 4.83. The largest absolute Gasteiger partial charge is 0.197 e. The van der Waals surface area contributed by atoms with Crippen molar-refractivity contribution in [2.24, 2.45) is 0 Å². The Morgan fingerprint density at radius 3 is 2.50 bits per heavy atom. The van der Waals surface area contributed by atoms with Gasteiger partial charge in [-0.05, 0) is 36.0 Å². The average molecular weight is 203 g/mol. The Bertz CT molecular complexity index is 417. The van der Waals surface area contributed by atoms with Crippen molar-refractivity contribution in [3.63, 3.8) is 0 Å². The molecular weight excluding hydrogens is 190 g/mol. The number of aromatic nitrogens is 1. The minimum absolute atomic E-state index is 1.02. The molecule has 1 nitrogen and oxygen atoms in total. The Hall–Kier alpha value is -1.15. The van der Waals surface area contributed by atoms with E-state index in [9.17, 15) is 0 Å². The van der Waals surface area contributed by atoms with Crippen molar-refractivity contribution in [1.29, 1.82) is 0 Å². The lowest BCUT2D eigenvalue weighted by Gasteiger charge is -1.98. The molecule has 2 aromatic rings. The van der Waals surface area contributed by atoms with Crippen molar-refractivity contribution in [2.75, 3.05) is 0 Å². The monoisotopic (exact) mass is 203 g/mol. The second-order valence-electron chi connectivity index (χ2n) is 3.30. The number of aryl methyl sites for hydroxylation is 1. The second-order valence-corrected chi connectivity index (χ2v) is 4.08. The second kappa shape index (κ2) is 3.93. The van der Waals surface area contributed by atoms with Crippen LogP contribution in [0.2, 0.25) is 0 Å². The lowest BCUT2D eigenvalue weighted by Crippen LogP contribution is -1.83. The summed E-state index contributed by atoms with van der Waals surface area (Å²) in [6, 6.07) is 10.5. The van der Waals surface area contributed by atoms with Crippen molar-refractivity contribution >= 4 is 11.5 Å². The predicted octanol–water partition coefficient (Wildman–Crippen LogP) is 3.68. The smallest absolute Gasteiger partial charge is 0.0581 e. The average Bonchev–Trinajstić information content (AvgIpc) is 2.61. The first-order valence-corrected chi connectivity index (χ1v) is 5.61. The minimum Gasteiger partial charge on any atom is -0.197 e. The van der Waals surface area contributed by atoms with Gasteiger partial charge in [-0.15, -0.1) is 0 Å². The molecule has 0 aliphatic carbocycles. The molecule has 2 heteroatoms. The van der Waals surface area contributed by atoms with Crippen LogP contribution in [0.3, 0.4) is 0 Å². The quantitative estimate of drug-likeness (QED) is 0.725. The fourth-order valence-corrected chi connectivity index (χ4v) is 2.52. The van der Waals surface area contributed by atoms with Gasteiger partial charge >= 0.3 is 0 Å². The molecule has 0 amide bonds. The van der Waals surface area contributed by atoms with E-state index < -0.39 is 0 Å². The summed E-state index contributed by atoms with van der Waals surface area (Å²) in [4.78, 5) is 1.31. The van der Waals surface area contributed by atoms with Gasteiger partial charge in [-0.25, -0.2) is 0 Å². The summed E-state index contributed by atoms with van der Waals surface area (Å²) in [7, 11) is 0. The Kier molecular flexibility index (Phi) is 2.64. The Morgan fingerprint density at radius 2 is 1.93 bits per heavy atom. The fourth-order valence-electron chi connectivity index (χ4n) is 1.56. The summed E-state index contributed by atoms with van der Waals surface area (Å²) in [6.45, 7) is 4.31. The Balaban J connectivity index is 2.48. The lowest BCUT2D eigenvalue weighted by atomic mass is 10.1. The van der Waals surface area contributed by atoms with Crippen LogP contribution >= 0.6 is 11.5 Å². The van der Waals surface area contributed by atoms with Gasteiger partial charge in [-0.1, -0.05) is 37.3 Å². The third kappa shape index (κ3) is 1.58. The third-order valence-corrected chi connectivity index (χ3v) is 3.43. The lowest BCUT2D eigenvalue weighted by molar-refractivity contribution is 1.06. The molecule has 0 bridgehead atoms. The molecule has 1 heterocycles. The van der Waals surface area contributed by atoms with Crippen molar-refractivity contribution in [3.05, 3.63) is 41.6 Å². The molecule has 1 aromatic carbocycles. The van der Waals surface area contributed by atoms with Crippen molar-refractivity contribution in [1.82, 2.24) is 4.37 Å². The topological polar surface area (TPSA) is 12.9 Å². The molecular formula is C12H13NS. The molecule has 0 aliphatic rings. The van der Waals surface area contributed by atoms with E-state index in [0.29, 0.717) is 0 Å². The van der Waals surface area contributed by atoms with Crippen molar-refractivity contribution < 1.29 is 0 Å². The molecule has 0 saturated carbocycles. The zero-order valence-corrected chi connectivity index (χ0v) is 9.27. The van der Waals surface area contributed by atoms with E-state index in [-0.39, 0.29) is 0 Å². The maximum Gasteiger partial charge on any atom is 0.0581 e. The molecule has 0 saturated heterocycles. The molecule has 0 unspecified atom stereocenters. The first kappa shape index (κ1) is 9.41. The summed E-state index contributed by atoms with van der Waals surface area (Å²) in [5, 5.41) is 0. The van der Waals surface area contributed by atoms with E-state index in [0.717, 1.165) is 6.42 Å². The summed E-state index contributed by atoms with van der Waals surface area (Å²) >= 11 is 1.60. The summed E-state index contributed by atoms with van der Waals surface area (Å²) in [5.41, 5.74) is 3.85. The van der Waals surface area contributed by atoms with E-state index in [1.165, 1.54) is 21.7 Å². The normalized spacial score (nSPS) is 10.4. The van der Waals surface area contributed by atoms with Gasteiger partial charge in [-0.3, -0.25) is 0 Å². The summed E-state index contributed by atoms with van der Waals surface area (Å²) < 4.78 is 4.45. The maximum absolute atomic E-state index is 4.45. The highest BCUT2D eigenvalue weighted by atomic mass is 32.1. The number of rotatable bonds is 2. The molecule has 72 valence electrons. The number of hydrogen-bond acceptors (Lipinski definition) is 2. The molecule has 0 fully saturated rings. The maximum atomic E-state index is 4.45. The zero-order valence-electron chi connectivity index (χ0n) is 8.45. The molecule has 1 aromatic heterocycles. The van der Waals surface area contributed by atoms with E-state index in [1.807, 2.05) is 6.07 Å². The highest BCUT2D eigenvalue weighted by Crippen LogP contribution is 2.29. The molecule has 0 aliphatic heterocycles. The molecule has 0 radical (unpaired) electrons. The van der Waals surface area contributed by atoms with Gasteiger partial charge in [0, 0.05) is 0 Å². The number of hydrogen-bond donors (Lipinski definition) is 0. The van der Waals surface area contributed by atoms with Gasteiger partial charge in [0.2, 0.25) is 0 Å². The fraction of sp³-hybridized carbons (Fsp3) is 0.250. The van der Waals surface area contributed by atoms with Gasteiger partial charge in [0.05, 0.1) is 10.6 Å². The molecule has 0 N–H and O–H groups in total. The van der Waals surface area contributed by atoms with Crippen molar-refractivity contribution in [3.8, 4) is 10.4 Å². The van der Waals surface area contributed by atoms with Crippen LogP contribution in [-0.4, -0.2) is 4.37 Å². The Morgan fingerprint density at radius 1 is 1.21 bits per heavy atom. The standard InChI is InChI=1S/C12H13NS/c1-3-11-9(2)12(14-13-11)10-7-5-4-6-8-10/h4-8H,3H2,1-2H3. The van der Waals surface area contributed by atoms with Gasteiger partial charge in [0.25, 0.3) is 0 Å². The minimum atomic E-state index is 1.02. The summed E-state index contributed by atoms with van der Waals surface area (Å²) in [6.07, 6.45) is 1.02. The highest BCUT2D eigenvalue weighted by molar-refractivity contribution is 7.09. The van der Waals surface area contributed by atoms with Crippen LogP contribution in [0.25, 0.3) is 10.4 Å². The van der Waals surface area contributed by atoms with Crippen LogP contribution in [0.15, 0.2) is 30.3 Å². The van der Waals surface area contributed by atoms with Crippen LogP contribution in [0.5, 0.6) is 0 Å². The number of benzene rings is 1. The predicted molar refractivity (Wildman–Crippen MR) is 61.7 cm³/mol. The van der Waals surface area contributed by atoms with E-state index >= 15 is 0 Å². The van der Waals surface area contributed by atoms with Crippen LogP contribution in [-0.2, 0) is 6.42 Å². The van der Waals surface area contributed by atoms with Gasteiger partial charge in [0.1, 0.15) is 0 Å². The molecule has 0 atom stereocenters. The molecule has 2 rings (SSSR count). The number of nitrogens with zero attached hydrogens (tertiary/aromatic N) is 1. The van der Waals surface area contributed by atoms with Gasteiger partial charge in [-0.2, -0.15) is 4.37 Å². The van der Waals surface area contributed by atoms with E-state index in [2.05, 4.69) is 42.5 Å². The highest BCUT2D eigenvalue weighted by Gasteiger charge is 2.08. The molecule has 14 heavy (non-hydrogen) atoms. The van der Waals surface area contributed by atoms with Gasteiger partial charge in [0.15, 0.2) is 0 Å². The first-order chi connectivity index (χ1) is 6.83. The summed E-state index contributed by atoms with van der Waals surface area (Å²) in [5.74, 6) is 0. The third-order valence-electron chi connectivity index (χ3n) is 2.39. The Labute approximate surface area is 88.6 Å².